The predicted molar refractivity (Wildman–Crippen MR) is 109 cm³/mol. The van der Waals surface area contributed by atoms with Gasteiger partial charge in [-0.2, -0.15) is 5.10 Å². The number of carboxylic acids is 1. The van der Waals surface area contributed by atoms with Crippen LogP contribution in [0.25, 0.3) is 0 Å². The van der Waals surface area contributed by atoms with Gasteiger partial charge in [0, 0.05) is 30.0 Å². The minimum Gasteiger partial charge on any atom is -0.493 e. The number of likely N-dealkylation sites (N-methyl/N-ethyl adjacent to an activating group) is 1. The average molecular weight is 403 g/mol. The molecule has 8 nitrogen and oxygen atoms in total. The van der Waals surface area contributed by atoms with Crippen molar-refractivity contribution in [2.75, 3.05) is 27.8 Å². The van der Waals surface area contributed by atoms with E-state index in [0.29, 0.717) is 0 Å². The molecular weight excluding hydrogens is 374 g/mol. The molecule has 1 saturated heterocycles. The number of carbonyl (C=O) groups excluding carboxylic acids is 1. The molecule has 2 N–H and O–H groups in total. The molecule has 8 heteroatoms. The topological polar surface area (TPSA) is 100 Å². The molecule has 2 aliphatic rings. The number of hydrazone groups is 1. The van der Waals surface area contributed by atoms with E-state index < -0.39 is 5.97 Å². The van der Waals surface area contributed by atoms with E-state index in [2.05, 4.69) is 34.6 Å². The lowest BCUT2D eigenvalue weighted by atomic mass is 9.65. The second-order valence-electron chi connectivity index (χ2n) is 7.78. The summed E-state index contributed by atoms with van der Waals surface area (Å²) in [6, 6.07) is 6.46. The van der Waals surface area contributed by atoms with Crippen LogP contribution in [0, 0.1) is 0 Å². The second-order valence-corrected chi connectivity index (χ2v) is 7.78. The van der Waals surface area contributed by atoms with Crippen molar-refractivity contribution in [2.45, 2.75) is 50.0 Å². The highest BCUT2D eigenvalue weighted by atomic mass is 16.5. The van der Waals surface area contributed by atoms with E-state index in [-0.39, 0.29) is 30.2 Å². The van der Waals surface area contributed by atoms with Gasteiger partial charge < -0.3 is 19.5 Å². The van der Waals surface area contributed by atoms with Crippen molar-refractivity contribution in [1.29, 1.82) is 0 Å². The quantitative estimate of drug-likeness (QED) is 0.677. The lowest BCUT2D eigenvalue weighted by Crippen LogP contribution is -2.46. The predicted octanol–water partition coefficient (Wildman–Crippen LogP) is 2.17. The van der Waals surface area contributed by atoms with E-state index in [1.165, 1.54) is 5.56 Å². The summed E-state index contributed by atoms with van der Waals surface area (Å²) in [4.78, 5) is 24.7. The zero-order chi connectivity index (χ0) is 21.0. The monoisotopic (exact) mass is 403 g/mol. The van der Waals surface area contributed by atoms with Gasteiger partial charge >= 0.3 is 5.97 Å². The molecule has 2 atom stereocenters. The molecule has 0 unspecified atom stereocenters. The van der Waals surface area contributed by atoms with Crippen LogP contribution < -0.4 is 14.9 Å². The molecule has 1 aliphatic carbocycles. The van der Waals surface area contributed by atoms with E-state index in [1.54, 1.807) is 14.2 Å². The van der Waals surface area contributed by atoms with Crippen LogP contribution >= 0.6 is 0 Å². The summed E-state index contributed by atoms with van der Waals surface area (Å²) in [7, 11) is 5.41. The van der Waals surface area contributed by atoms with Crippen LogP contribution in [0.5, 0.6) is 11.5 Å². The van der Waals surface area contributed by atoms with Gasteiger partial charge in [-0.05, 0) is 50.6 Å². The number of carbonyl (C=O) groups is 2. The summed E-state index contributed by atoms with van der Waals surface area (Å²) in [5.74, 6) is 0.102. The minimum absolute atomic E-state index is 0.0145. The van der Waals surface area contributed by atoms with E-state index in [1.807, 2.05) is 6.07 Å². The number of ether oxygens (including phenoxy) is 2. The maximum atomic E-state index is 11.8. The zero-order valence-electron chi connectivity index (χ0n) is 17.2. The normalized spacial score (nSPS) is 25.5. The molecule has 0 bridgehead atoms. The SMILES string of the molecule is COc1ccc([C@@]23CC/C(=N\NC(=O)CCC(=O)O)C[C@@H]2N(C)CC3)cc1OC. The molecule has 1 aromatic carbocycles. The highest BCUT2D eigenvalue weighted by Crippen LogP contribution is 2.49. The van der Waals surface area contributed by atoms with Gasteiger partial charge in [0.2, 0.25) is 5.91 Å². The smallest absolute Gasteiger partial charge is 0.303 e. The highest BCUT2D eigenvalue weighted by Gasteiger charge is 2.49. The molecule has 0 spiro atoms. The number of benzene rings is 1. The van der Waals surface area contributed by atoms with Gasteiger partial charge in [0.1, 0.15) is 0 Å². The molecule has 29 heavy (non-hydrogen) atoms. The van der Waals surface area contributed by atoms with E-state index in [4.69, 9.17) is 14.6 Å². The number of carboxylic acid groups (broad SMARTS) is 1. The fourth-order valence-electron chi connectivity index (χ4n) is 4.60. The van der Waals surface area contributed by atoms with Gasteiger partial charge in [-0.25, -0.2) is 5.43 Å². The molecular formula is C21H29N3O5. The van der Waals surface area contributed by atoms with Gasteiger partial charge in [-0.3, -0.25) is 9.59 Å². The maximum absolute atomic E-state index is 11.8. The van der Waals surface area contributed by atoms with Crippen molar-refractivity contribution in [2.24, 2.45) is 5.10 Å². The third-order valence-corrected chi connectivity index (χ3v) is 6.23. The molecule has 2 fully saturated rings. The molecule has 1 heterocycles. The van der Waals surface area contributed by atoms with Gasteiger partial charge in [0.05, 0.1) is 20.6 Å². The van der Waals surface area contributed by atoms with E-state index >= 15 is 0 Å². The summed E-state index contributed by atoms with van der Waals surface area (Å²) in [5.41, 5.74) is 4.73. The number of rotatable bonds is 7. The Hall–Kier alpha value is -2.61. The summed E-state index contributed by atoms with van der Waals surface area (Å²) in [6.07, 6.45) is 3.29. The van der Waals surface area contributed by atoms with Crippen molar-refractivity contribution < 1.29 is 24.2 Å². The summed E-state index contributed by atoms with van der Waals surface area (Å²) >= 11 is 0. The standard InChI is InChI=1S/C21H29N3O5/c1-24-11-10-21(14-4-5-16(28-2)17(12-14)29-3)9-8-15(13-18(21)24)22-23-19(25)6-7-20(26)27/h4-5,12,18H,6-11,13H2,1-3H3,(H,23,25)(H,26,27)/b22-15+/t18-,21-/m0/s1. The summed E-state index contributed by atoms with van der Waals surface area (Å²) in [5, 5.41) is 13.0. The van der Waals surface area contributed by atoms with Crippen LogP contribution in [0.3, 0.4) is 0 Å². The third-order valence-electron chi connectivity index (χ3n) is 6.23. The number of methoxy groups -OCH3 is 2. The van der Waals surface area contributed by atoms with Crippen molar-refractivity contribution in [3.05, 3.63) is 23.8 Å². The number of nitrogens with zero attached hydrogens (tertiary/aromatic N) is 2. The van der Waals surface area contributed by atoms with Crippen LogP contribution in [0.1, 0.15) is 44.1 Å². The fraction of sp³-hybridized carbons (Fsp3) is 0.571. The summed E-state index contributed by atoms with van der Waals surface area (Å²) in [6.45, 7) is 0.997. The lowest BCUT2D eigenvalue weighted by molar-refractivity contribution is -0.138. The largest absolute Gasteiger partial charge is 0.493 e. The lowest BCUT2D eigenvalue weighted by Gasteiger charge is -2.42. The molecule has 1 aromatic rings. The Kier molecular flexibility index (Phi) is 6.42. The Labute approximate surface area is 170 Å². The van der Waals surface area contributed by atoms with Gasteiger partial charge in [-0.1, -0.05) is 6.07 Å². The van der Waals surface area contributed by atoms with Gasteiger partial charge in [-0.15, -0.1) is 0 Å². The number of hydrogen-bond acceptors (Lipinski definition) is 6. The van der Waals surface area contributed by atoms with E-state index in [0.717, 1.165) is 49.4 Å². The summed E-state index contributed by atoms with van der Waals surface area (Å²) < 4.78 is 10.9. The number of hydrogen-bond donors (Lipinski definition) is 2. The molecule has 158 valence electrons. The molecule has 0 radical (unpaired) electrons. The van der Waals surface area contributed by atoms with Crippen LogP contribution in [0.2, 0.25) is 0 Å². The van der Waals surface area contributed by atoms with Crippen molar-refractivity contribution in [3.63, 3.8) is 0 Å². The number of amides is 1. The van der Waals surface area contributed by atoms with Crippen molar-refractivity contribution in [3.8, 4) is 11.5 Å². The van der Waals surface area contributed by atoms with Gasteiger partial charge in [0.25, 0.3) is 0 Å². The van der Waals surface area contributed by atoms with Crippen molar-refractivity contribution >= 4 is 17.6 Å². The maximum Gasteiger partial charge on any atom is 0.303 e. The van der Waals surface area contributed by atoms with Gasteiger partial charge in [0.15, 0.2) is 11.5 Å². The number of aliphatic carboxylic acids is 1. The Morgan fingerprint density at radius 3 is 2.69 bits per heavy atom. The highest BCUT2D eigenvalue weighted by molar-refractivity contribution is 5.88. The molecule has 1 aliphatic heterocycles. The molecule has 1 amide bonds. The molecule has 0 aromatic heterocycles. The van der Waals surface area contributed by atoms with E-state index in [9.17, 15) is 9.59 Å². The number of fused-ring (bicyclic) bond motifs is 1. The van der Waals surface area contributed by atoms with Crippen LogP contribution in [-0.4, -0.2) is 61.4 Å². The first-order valence-corrected chi connectivity index (χ1v) is 9.88. The van der Waals surface area contributed by atoms with Crippen LogP contribution in [0.4, 0.5) is 0 Å². The Balaban J connectivity index is 1.77. The molecule has 1 saturated carbocycles. The zero-order valence-corrected chi connectivity index (χ0v) is 17.2. The first kappa shape index (κ1) is 21.1. The number of likely N-dealkylation sites (tertiary alicyclic amines) is 1. The number of nitrogens with one attached hydrogen (secondary N) is 1. The Morgan fingerprint density at radius 2 is 2.00 bits per heavy atom. The fourth-order valence-corrected chi connectivity index (χ4v) is 4.60. The Morgan fingerprint density at radius 1 is 1.24 bits per heavy atom. The first-order valence-electron chi connectivity index (χ1n) is 9.88. The Bertz CT molecular complexity index is 810. The van der Waals surface area contributed by atoms with Crippen molar-refractivity contribution in [1.82, 2.24) is 10.3 Å². The van der Waals surface area contributed by atoms with Crippen LogP contribution in [-0.2, 0) is 15.0 Å². The minimum atomic E-state index is -0.988. The molecule has 3 rings (SSSR count). The second kappa shape index (κ2) is 8.82. The first-order chi connectivity index (χ1) is 13.9. The van der Waals surface area contributed by atoms with Crippen LogP contribution in [0.15, 0.2) is 23.3 Å². The third kappa shape index (κ3) is 4.37. The average Bonchev–Trinajstić information content (AvgIpc) is 3.07.